The predicted octanol–water partition coefficient (Wildman–Crippen LogP) is 3.60. The maximum atomic E-state index is 12.5. The Morgan fingerprint density at radius 1 is 1.44 bits per heavy atom. The van der Waals surface area contributed by atoms with Gasteiger partial charge >= 0.3 is 12.1 Å². The third kappa shape index (κ3) is 4.21. The summed E-state index contributed by atoms with van der Waals surface area (Å²) in [6.07, 6.45) is -4.43. The molecule has 7 heteroatoms. The molecule has 1 unspecified atom stereocenters. The second-order valence-electron chi connectivity index (χ2n) is 3.85. The highest BCUT2D eigenvalue weighted by Crippen LogP contribution is 2.33. The van der Waals surface area contributed by atoms with Crippen LogP contribution in [0.5, 0.6) is 0 Å². The average molecular weight is 326 g/mol. The van der Waals surface area contributed by atoms with E-state index in [9.17, 15) is 18.0 Å². The fraction of sp³-hybridized carbons (Fsp3) is 0.364. The fourth-order valence-corrected chi connectivity index (χ4v) is 1.71. The van der Waals surface area contributed by atoms with Crippen molar-refractivity contribution in [1.29, 1.82) is 0 Å². The maximum Gasteiger partial charge on any atom is 0.416 e. The molecule has 2 N–H and O–H groups in total. The molecule has 0 saturated carbocycles. The lowest BCUT2D eigenvalue weighted by Gasteiger charge is -2.13. The molecule has 0 aliphatic rings. The van der Waals surface area contributed by atoms with Crippen LogP contribution >= 0.6 is 15.9 Å². The molecule has 1 aromatic rings. The van der Waals surface area contributed by atoms with Crippen molar-refractivity contribution in [2.24, 2.45) is 5.92 Å². The number of alkyl halides is 3. The van der Waals surface area contributed by atoms with E-state index in [1.165, 1.54) is 13.0 Å². The summed E-state index contributed by atoms with van der Waals surface area (Å²) in [7, 11) is 0. The number of hydrogen-bond donors (Lipinski definition) is 2. The summed E-state index contributed by atoms with van der Waals surface area (Å²) in [4.78, 5) is 10.6. The molecule has 0 spiro atoms. The summed E-state index contributed by atoms with van der Waals surface area (Å²) in [6.45, 7) is 1.53. The van der Waals surface area contributed by atoms with E-state index in [1.54, 1.807) is 0 Å². The Labute approximate surface area is 110 Å². The van der Waals surface area contributed by atoms with Crippen molar-refractivity contribution in [3.05, 3.63) is 28.2 Å². The average Bonchev–Trinajstić information content (AvgIpc) is 2.23. The third-order valence-corrected chi connectivity index (χ3v) is 2.72. The molecule has 0 amide bonds. The topological polar surface area (TPSA) is 49.3 Å². The Morgan fingerprint density at radius 3 is 2.56 bits per heavy atom. The van der Waals surface area contributed by atoms with E-state index in [0.29, 0.717) is 0 Å². The highest BCUT2D eigenvalue weighted by Gasteiger charge is 2.31. The van der Waals surface area contributed by atoms with Gasteiger partial charge in [-0.3, -0.25) is 4.79 Å². The minimum absolute atomic E-state index is 0.0586. The number of carboxylic acids is 1. The Balaban J connectivity index is 2.84. The van der Waals surface area contributed by atoms with E-state index < -0.39 is 23.6 Å². The lowest BCUT2D eigenvalue weighted by molar-refractivity contribution is -0.140. The number of hydrogen-bond acceptors (Lipinski definition) is 2. The van der Waals surface area contributed by atoms with Crippen molar-refractivity contribution in [3.8, 4) is 0 Å². The molecule has 1 aromatic carbocycles. The van der Waals surface area contributed by atoms with Crippen molar-refractivity contribution in [1.82, 2.24) is 0 Å². The smallest absolute Gasteiger partial charge is 0.416 e. The number of benzene rings is 1. The number of aliphatic carboxylic acids is 1. The van der Waals surface area contributed by atoms with E-state index in [1.807, 2.05) is 0 Å². The lowest BCUT2D eigenvalue weighted by Crippen LogP contribution is -2.19. The van der Waals surface area contributed by atoms with Gasteiger partial charge < -0.3 is 10.4 Å². The SMILES string of the molecule is CC(CNc1cc(Br)cc(C(F)(F)F)c1)C(=O)O. The molecule has 0 bridgehead atoms. The van der Waals surface area contributed by atoms with Crippen LogP contribution in [0.4, 0.5) is 18.9 Å². The molecule has 1 rings (SSSR count). The first kappa shape index (κ1) is 14.8. The van der Waals surface area contributed by atoms with Crippen molar-refractivity contribution in [3.63, 3.8) is 0 Å². The quantitative estimate of drug-likeness (QED) is 0.889. The second-order valence-corrected chi connectivity index (χ2v) is 4.76. The zero-order chi connectivity index (χ0) is 13.9. The van der Waals surface area contributed by atoms with Gasteiger partial charge in [-0.15, -0.1) is 0 Å². The molecule has 0 aliphatic carbocycles. The van der Waals surface area contributed by atoms with Crippen LogP contribution in [0.25, 0.3) is 0 Å². The number of carbonyl (C=O) groups is 1. The van der Waals surface area contributed by atoms with Crippen molar-refractivity contribution in [2.45, 2.75) is 13.1 Å². The Morgan fingerprint density at radius 2 is 2.06 bits per heavy atom. The van der Waals surface area contributed by atoms with Gasteiger partial charge in [-0.2, -0.15) is 13.2 Å². The van der Waals surface area contributed by atoms with Gasteiger partial charge in [0.05, 0.1) is 11.5 Å². The Kier molecular flexibility index (Phi) is 4.61. The first-order valence-electron chi connectivity index (χ1n) is 5.04. The van der Waals surface area contributed by atoms with Crippen LogP contribution in [-0.4, -0.2) is 17.6 Å². The van der Waals surface area contributed by atoms with Crippen molar-refractivity contribution in [2.75, 3.05) is 11.9 Å². The largest absolute Gasteiger partial charge is 0.481 e. The highest BCUT2D eigenvalue weighted by molar-refractivity contribution is 9.10. The molecule has 18 heavy (non-hydrogen) atoms. The second kappa shape index (κ2) is 5.60. The first-order chi connectivity index (χ1) is 8.20. The van der Waals surface area contributed by atoms with E-state index in [-0.39, 0.29) is 16.7 Å². The molecular weight excluding hydrogens is 315 g/mol. The minimum Gasteiger partial charge on any atom is -0.481 e. The summed E-state index contributed by atoms with van der Waals surface area (Å²) in [5, 5.41) is 11.3. The van der Waals surface area contributed by atoms with Gasteiger partial charge in [0.15, 0.2) is 0 Å². The van der Waals surface area contributed by atoms with Crippen LogP contribution in [-0.2, 0) is 11.0 Å². The lowest BCUT2D eigenvalue weighted by atomic mass is 10.1. The van der Waals surface area contributed by atoms with Crippen LogP contribution in [0.2, 0.25) is 0 Å². The van der Waals surface area contributed by atoms with Crippen LogP contribution in [0.15, 0.2) is 22.7 Å². The molecule has 0 heterocycles. The van der Waals surface area contributed by atoms with Gasteiger partial charge in [-0.1, -0.05) is 22.9 Å². The fourth-order valence-electron chi connectivity index (χ4n) is 1.21. The number of rotatable bonds is 4. The predicted molar refractivity (Wildman–Crippen MR) is 64.4 cm³/mol. The third-order valence-electron chi connectivity index (χ3n) is 2.26. The minimum atomic E-state index is -4.43. The summed E-state index contributed by atoms with van der Waals surface area (Å²) in [5.41, 5.74) is -0.563. The molecule has 0 radical (unpaired) electrons. The van der Waals surface area contributed by atoms with Gasteiger partial charge in [-0.05, 0) is 18.2 Å². The van der Waals surface area contributed by atoms with Crippen LogP contribution in [0, 0.1) is 5.92 Å². The molecule has 0 aromatic heterocycles. The molecule has 0 aliphatic heterocycles. The summed E-state index contributed by atoms with van der Waals surface area (Å²) < 4.78 is 37.9. The zero-order valence-corrected chi connectivity index (χ0v) is 11.0. The Bertz CT molecular complexity index is 448. The Hall–Kier alpha value is -1.24. The molecule has 100 valence electrons. The first-order valence-corrected chi connectivity index (χ1v) is 5.84. The number of carboxylic acid groups (broad SMARTS) is 1. The van der Waals surface area contributed by atoms with Gasteiger partial charge in [0, 0.05) is 16.7 Å². The normalized spacial score (nSPS) is 13.2. The monoisotopic (exact) mass is 325 g/mol. The zero-order valence-electron chi connectivity index (χ0n) is 9.38. The summed E-state index contributed by atoms with van der Waals surface area (Å²) >= 11 is 2.99. The standard InChI is InChI=1S/C11H11BrF3NO2/c1-6(10(17)18)5-16-9-3-7(11(13,14)15)2-8(12)4-9/h2-4,6,16H,5H2,1H3,(H,17,18). The molecule has 3 nitrogen and oxygen atoms in total. The van der Waals surface area contributed by atoms with Crippen LogP contribution < -0.4 is 5.32 Å². The number of halogens is 4. The van der Waals surface area contributed by atoms with Gasteiger partial charge in [0.2, 0.25) is 0 Å². The number of nitrogens with one attached hydrogen (secondary N) is 1. The van der Waals surface area contributed by atoms with E-state index in [4.69, 9.17) is 5.11 Å². The van der Waals surface area contributed by atoms with Crippen LogP contribution in [0.1, 0.15) is 12.5 Å². The number of anilines is 1. The van der Waals surface area contributed by atoms with E-state index in [0.717, 1.165) is 12.1 Å². The maximum absolute atomic E-state index is 12.5. The van der Waals surface area contributed by atoms with Crippen LogP contribution in [0.3, 0.4) is 0 Å². The molecular formula is C11H11BrF3NO2. The highest BCUT2D eigenvalue weighted by atomic mass is 79.9. The summed E-state index contributed by atoms with van der Waals surface area (Å²) in [6, 6.07) is 3.37. The summed E-state index contributed by atoms with van der Waals surface area (Å²) in [5.74, 6) is -1.69. The van der Waals surface area contributed by atoms with Gasteiger partial charge in [0.25, 0.3) is 0 Å². The molecule has 1 atom stereocenters. The van der Waals surface area contributed by atoms with Gasteiger partial charge in [-0.25, -0.2) is 0 Å². The molecule has 0 saturated heterocycles. The van der Waals surface area contributed by atoms with Crippen molar-refractivity contribution >= 4 is 27.6 Å². The van der Waals surface area contributed by atoms with E-state index >= 15 is 0 Å². The van der Waals surface area contributed by atoms with E-state index in [2.05, 4.69) is 21.2 Å². The molecule has 0 fully saturated rings. The van der Waals surface area contributed by atoms with Crippen molar-refractivity contribution < 1.29 is 23.1 Å². The van der Waals surface area contributed by atoms with Gasteiger partial charge in [0.1, 0.15) is 0 Å².